The van der Waals surface area contributed by atoms with Gasteiger partial charge in [0.15, 0.2) is 17.5 Å². The molecule has 0 saturated carbocycles. The van der Waals surface area contributed by atoms with E-state index in [1.807, 2.05) is 0 Å². The Labute approximate surface area is 115 Å². The first-order valence-corrected chi connectivity index (χ1v) is 6.71. The topological polar surface area (TPSA) is 44.0 Å². The minimum Gasteiger partial charge on any atom is -0.354 e. The molecule has 1 aromatic carbocycles. The van der Waals surface area contributed by atoms with E-state index in [2.05, 4.69) is 20.4 Å². The molecule has 1 saturated heterocycles. The Balaban J connectivity index is 1.87. The van der Waals surface area contributed by atoms with Gasteiger partial charge < -0.3 is 10.2 Å². The maximum Gasteiger partial charge on any atom is 0.168 e. The molecule has 6 heteroatoms. The first-order chi connectivity index (χ1) is 9.75. The van der Waals surface area contributed by atoms with E-state index in [0.717, 1.165) is 44.5 Å². The Hall–Kier alpha value is -1.95. The minimum atomic E-state index is -0.849. The molecule has 2 heterocycles. The van der Waals surface area contributed by atoms with E-state index < -0.39 is 11.6 Å². The average Bonchev–Trinajstić information content (AvgIpc) is 2.77. The number of nitrogens with zero attached hydrogens (tertiary/aromatic N) is 2. The highest BCUT2D eigenvalue weighted by Crippen LogP contribution is 2.25. The van der Waals surface area contributed by atoms with Crippen molar-refractivity contribution < 1.29 is 8.78 Å². The van der Waals surface area contributed by atoms with E-state index in [0.29, 0.717) is 5.69 Å². The number of rotatable bonds is 2. The van der Waals surface area contributed by atoms with Crippen molar-refractivity contribution in [3.8, 4) is 11.3 Å². The monoisotopic (exact) mass is 278 g/mol. The number of hydrogen-bond donors (Lipinski definition) is 2. The fraction of sp³-hybridized carbons (Fsp3) is 0.357. The molecule has 3 rings (SSSR count). The van der Waals surface area contributed by atoms with Crippen LogP contribution in [0.1, 0.15) is 6.42 Å². The fourth-order valence-corrected chi connectivity index (χ4v) is 2.40. The zero-order valence-electron chi connectivity index (χ0n) is 11.0. The van der Waals surface area contributed by atoms with Crippen molar-refractivity contribution in [1.29, 1.82) is 0 Å². The maximum absolute atomic E-state index is 13.8. The summed E-state index contributed by atoms with van der Waals surface area (Å²) in [6.45, 7) is 3.65. The van der Waals surface area contributed by atoms with E-state index in [1.165, 1.54) is 6.07 Å². The molecule has 1 aromatic heterocycles. The minimum absolute atomic E-state index is 0.205. The van der Waals surface area contributed by atoms with Crippen molar-refractivity contribution >= 4 is 5.82 Å². The van der Waals surface area contributed by atoms with Gasteiger partial charge in [-0.15, -0.1) is 0 Å². The van der Waals surface area contributed by atoms with E-state index in [9.17, 15) is 8.78 Å². The molecule has 2 aromatic rings. The molecule has 0 amide bonds. The number of H-pyrrole nitrogens is 1. The van der Waals surface area contributed by atoms with Crippen LogP contribution in [0.15, 0.2) is 24.3 Å². The van der Waals surface area contributed by atoms with Gasteiger partial charge in [-0.1, -0.05) is 6.07 Å². The van der Waals surface area contributed by atoms with Crippen LogP contribution in [-0.2, 0) is 0 Å². The molecule has 1 aliphatic rings. The van der Waals surface area contributed by atoms with E-state index in [-0.39, 0.29) is 5.56 Å². The third-order valence-electron chi connectivity index (χ3n) is 3.47. The Morgan fingerprint density at radius 3 is 2.95 bits per heavy atom. The van der Waals surface area contributed by atoms with Gasteiger partial charge in [0.1, 0.15) is 0 Å². The van der Waals surface area contributed by atoms with Crippen molar-refractivity contribution in [2.75, 3.05) is 31.1 Å². The Morgan fingerprint density at radius 1 is 1.15 bits per heavy atom. The highest BCUT2D eigenvalue weighted by atomic mass is 19.2. The Morgan fingerprint density at radius 2 is 2.05 bits per heavy atom. The van der Waals surface area contributed by atoms with Crippen LogP contribution in [0.5, 0.6) is 0 Å². The lowest BCUT2D eigenvalue weighted by atomic mass is 10.1. The van der Waals surface area contributed by atoms with Gasteiger partial charge in [-0.2, -0.15) is 5.10 Å². The molecule has 1 fully saturated rings. The number of benzene rings is 1. The van der Waals surface area contributed by atoms with Gasteiger partial charge in [-0.3, -0.25) is 5.10 Å². The Bertz CT molecular complexity index is 589. The van der Waals surface area contributed by atoms with Crippen molar-refractivity contribution in [3.05, 3.63) is 35.9 Å². The summed E-state index contributed by atoms with van der Waals surface area (Å²) in [7, 11) is 0. The van der Waals surface area contributed by atoms with Crippen LogP contribution in [0.2, 0.25) is 0 Å². The van der Waals surface area contributed by atoms with Crippen molar-refractivity contribution in [2.24, 2.45) is 0 Å². The van der Waals surface area contributed by atoms with Gasteiger partial charge in [0.2, 0.25) is 0 Å². The fourth-order valence-electron chi connectivity index (χ4n) is 2.40. The summed E-state index contributed by atoms with van der Waals surface area (Å²) in [4.78, 5) is 2.14. The second-order valence-electron chi connectivity index (χ2n) is 4.83. The first kappa shape index (κ1) is 13.1. The lowest BCUT2D eigenvalue weighted by Gasteiger charge is -2.18. The summed E-state index contributed by atoms with van der Waals surface area (Å²) in [5.74, 6) is -0.926. The molecule has 0 spiro atoms. The van der Waals surface area contributed by atoms with Crippen LogP contribution >= 0.6 is 0 Å². The molecule has 4 nitrogen and oxygen atoms in total. The number of anilines is 1. The van der Waals surface area contributed by atoms with Crippen molar-refractivity contribution in [2.45, 2.75) is 6.42 Å². The molecule has 1 aliphatic heterocycles. The van der Waals surface area contributed by atoms with Crippen LogP contribution in [0.25, 0.3) is 11.3 Å². The predicted octanol–water partition coefficient (Wildman–Crippen LogP) is 2.15. The number of aromatic amines is 1. The summed E-state index contributed by atoms with van der Waals surface area (Å²) in [5.41, 5.74) is 0.700. The highest BCUT2D eigenvalue weighted by molar-refractivity contribution is 5.64. The summed E-state index contributed by atoms with van der Waals surface area (Å²) in [5, 5.41) is 10.3. The van der Waals surface area contributed by atoms with Gasteiger partial charge >= 0.3 is 0 Å². The summed E-state index contributed by atoms with van der Waals surface area (Å²) < 4.78 is 27.0. The number of aromatic nitrogens is 2. The number of nitrogens with one attached hydrogen (secondary N) is 2. The molecule has 0 bridgehead atoms. The lowest BCUT2D eigenvalue weighted by molar-refractivity contribution is 0.511. The van der Waals surface area contributed by atoms with E-state index >= 15 is 0 Å². The van der Waals surface area contributed by atoms with Crippen molar-refractivity contribution in [1.82, 2.24) is 15.5 Å². The Kier molecular flexibility index (Phi) is 3.64. The van der Waals surface area contributed by atoms with E-state index in [4.69, 9.17) is 0 Å². The molecular weight excluding hydrogens is 262 g/mol. The summed E-state index contributed by atoms with van der Waals surface area (Å²) >= 11 is 0. The molecule has 0 unspecified atom stereocenters. The molecule has 106 valence electrons. The molecule has 0 atom stereocenters. The normalized spacial score (nSPS) is 16.2. The molecule has 20 heavy (non-hydrogen) atoms. The first-order valence-electron chi connectivity index (χ1n) is 6.71. The van der Waals surface area contributed by atoms with Gasteiger partial charge in [0, 0.05) is 31.3 Å². The van der Waals surface area contributed by atoms with Gasteiger partial charge in [-0.25, -0.2) is 8.78 Å². The molecule has 2 N–H and O–H groups in total. The van der Waals surface area contributed by atoms with Crippen LogP contribution in [0.3, 0.4) is 0 Å². The average molecular weight is 278 g/mol. The van der Waals surface area contributed by atoms with Crippen molar-refractivity contribution in [3.63, 3.8) is 0 Å². The third kappa shape index (κ3) is 2.51. The zero-order valence-corrected chi connectivity index (χ0v) is 11.0. The zero-order chi connectivity index (χ0) is 13.9. The standard InChI is InChI=1S/C14H16F2N4/c15-11-4-1-3-10(14(11)16)12-9-13(19-18-12)20-7-2-5-17-6-8-20/h1,3-4,9,17H,2,5-8H2,(H,18,19). The number of halogens is 2. The van der Waals surface area contributed by atoms with Gasteiger partial charge in [0.05, 0.1) is 5.69 Å². The third-order valence-corrected chi connectivity index (χ3v) is 3.47. The van der Waals surface area contributed by atoms with Crippen LogP contribution < -0.4 is 10.2 Å². The summed E-state index contributed by atoms with van der Waals surface area (Å²) in [6, 6.07) is 5.91. The second-order valence-corrected chi connectivity index (χ2v) is 4.83. The van der Waals surface area contributed by atoms with Gasteiger partial charge in [-0.05, 0) is 25.1 Å². The second kappa shape index (κ2) is 5.58. The van der Waals surface area contributed by atoms with Crippen LogP contribution in [-0.4, -0.2) is 36.4 Å². The quantitative estimate of drug-likeness (QED) is 0.884. The largest absolute Gasteiger partial charge is 0.354 e. The SMILES string of the molecule is Fc1cccc(-c2cc(N3CCCNCC3)n[nH]2)c1F. The van der Waals surface area contributed by atoms with E-state index in [1.54, 1.807) is 12.1 Å². The summed E-state index contributed by atoms with van der Waals surface area (Å²) in [6.07, 6.45) is 1.04. The molecule has 0 radical (unpaired) electrons. The lowest BCUT2D eigenvalue weighted by Crippen LogP contribution is -2.28. The highest BCUT2D eigenvalue weighted by Gasteiger charge is 2.16. The van der Waals surface area contributed by atoms with Crippen LogP contribution in [0.4, 0.5) is 14.6 Å². The molecule has 0 aliphatic carbocycles. The smallest absolute Gasteiger partial charge is 0.168 e. The number of hydrogen-bond acceptors (Lipinski definition) is 3. The van der Waals surface area contributed by atoms with Gasteiger partial charge in [0.25, 0.3) is 0 Å². The predicted molar refractivity (Wildman–Crippen MR) is 73.6 cm³/mol. The molecular formula is C14H16F2N4. The van der Waals surface area contributed by atoms with Crippen LogP contribution in [0, 0.1) is 11.6 Å². The maximum atomic E-state index is 13.8.